The fourth-order valence-electron chi connectivity index (χ4n) is 3.70. The summed E-state index contributed by atoms with van der Waals surface area (Å²) in [6, 6.07) is 17.9. The highest BCUT2D eigenvalue weighted by Crippen LogP contribution is 2.28. The van der Waals surface area contributed by atoms with E-state index in [1.807, 2.05) is 38.1 Å². The molecule has 1 amide bonds. The molecular formula is C25H23N5O2S. The minimum atomic E-state index is -0.353. The van der Waals surface area contributed by atoms with Crippen molar-refractivity contribution in [1.29, 1.82) is 0 Å². The second-order valence-corrected chi connectivity index (χ2v) is 8.20. The number of nitrogens with zero attached hydrogens (tertiary/aromatic N) is 3. The van der Waals surface area contributed by atoms with Crippen LogP contribution in [0.15, 0.2) is 71.7 Å². The molecule has 0 aliphatic heterocycles. The molecule has 0 aliphatic carbocycles. The molecule has 0 radical (unpaired) electrons. The number of nitrogens with two attached hydrogens (primary N) is 1. The lowest BCUT2D eigenvalue weighted by Crippen LogP contribution is -2.49. The first-order valence-corrected chi connectivity index (χ1v) is 10.7. The zero-order valence-electron chi connectivity index (χ0n) is 18.5. The van der Waals surface area contributed by atoms with Crippen molar-refractivity contribution in [1.82, 2.24) is 15.0 Å². The highest BCUT2D eigenvalue weighted by Gasteiger charge is 2.18. The molecule has 0 unspecified atom stereocenters. The van der Waals surface area contributed by atoms with Crippen LogP contribution in [0.5, 0.6) is 0 Å². The number of benzene rings is 2. The van der Waals surface area contributed by atoms with Gasteiger partial charge in [0.2, 0.25) is 0 Å². The number of pyridine rings is 2. The molecule has 0 saturated carbocycles. The van der Waals surface area contributed by atoms with Crippen LogP contribution in [0.4, 0.5) is 5.69 Å². The monoisotopic (exact) mass is 457 g/mol. The third-order valence-corrected chi connectivity index (χ3v) is 5.67. The number of carbonyl (C=O) groups excluding carboxylic acids is 1. The molecule has 4 rings (SSSR count). The van der Waals surface area contributed by atoms with Gasteiger partial charge < -0.3 is 10.3 Å². The summed E-state index contributed by atoms with van der Waals surface area (Å²) in [7, 11) is 1.74. The van der Waals surface area contributed by atoms with Gasteiger partial charge in [-0.2, -0.15) is 0 Å². The number of aromatic nitrogens is 2. The minimum Gasteiger partial charge on any atom is -0.374 e. The van der Waals surface area contributed by atoms with Crippen LogP contribution >= 0.6 is 12.2 Å². The van der Waals surface area contributed by atoms with Crippen LogP contribution in [0, 0.1) is 13.8 Å². The summed E-state index contributed by atoms with van der Waals surface area (Å²) >= 11 is 5.20. The van der Waals surface area contributed by atoms with E-state index in [2.05, 4.69) is 10.4 Å². The number of rotatable bonds is 3. The van der Waals surface area contributed by atoms with E-state index in [9.17, 15) is 9.59 Å². The molecule has 0 atom stereocenters. The largest absolute Gasteiger partial charge is 0.374 e. The molecule has 4 aromatic rings. The van der Waals surface area contributed by atoms with Crippen molar-refractivity contribution in [2.75, 3.05) is 5.01 Å². The zero-order chi connectivity index (χ0) is 23.7. The Hall–Kier alpha value is -4.04. The third kappa shape index (κ3) is 4.33. The van der Waals surface area contributed by atoms with Gasteiger partial charge in [-0.15, -0.1) is 0 Å². The Balaban J connectivity index is 1.80. The highest BCUT2D eigenvalue weighted by molar-refractivity contribution is 7.80. The van der Waals surface area contributed by atoms with Crippen LogP contribution in [0.2, 0.25) is 0 Å². The van der Waals surface area contributed by atoms with Crippen LogP contribution in [0.1, 0.15) is 21.6 Å². The molecule has 0 saturated heterocycles. The van der Waals surface area contributed by atoms with E-state index >= 15 is 0 Å². The molecule has 7 nitrogen and oxygen atoms in total. The van der Waals surface area contributed by atoms with E-state index in [1.54, 1.807) is 54.2 Å². The Labute approximate surface area is 196 Å². The maximum Gasteiger partial charge on any atom is 0.270 e. The van der Waals surface area contributed by atoms with E-state index in [-0.39, 0.29) is 16.6 Å². The average molecular weight is 458 g/mol. The number of nitrogens with one attached hydrogen (secondary N) is 1. The molecule has 166 valence electrons. The summed E-state index contributed by atoms with van der Waals surface area (Å²) in [6.07, 6.45) is 1.76. The van der Waals surface area contributed by atoms with Gasteiger partial charge in [-0.05, 0) is 73.6 Å². The van der Waals surface area contributed by atoms with E-state index in [4.69, 9.17) is 18.0 Å². The van der Waals surface area contributed by atoms with E-state index in [0.29, 0.717) is 22.4 Å². The third-order valence-electron chi connectivity index (χ3n) is 5.48. The predicted molar refractivity (Wildman–Crippen MR) is 135 cm³/mol. The Morgan fingerprint density at radius 1 is 1.06 bits per heavy atom. The molecule has 0 aliphatic rings. The van der Waals surface area contributed by atoms with Gasteiger partial charge in [-0.1, -0.05) is 24.3 Å². The first-order valence-electron chi connectivity index (χ1n) is 10.3. The number of hydrogen-bond acceptors (Lipinski definition) is 4. The molecule has 0 spiro atoms. The number of amides is 1. The van der Waals surface area contributed by atoms with Gasteiger partial charge in [0.15, 0.2) is 5.11 Å². The average Bonchev–Trinajstić information content (AvgIpc) is 2.81. The smallest absolute Gasteiger partial charge is 0.270 e. The Morgan fingerprint density at radius 3 is 2.48 bits per heavy atom. The second-order valence-electron chi connectivity index (χ2n) is 7.79. The van der Waals surface area contributed by atoms with Crippen LogP contribution in [0.25, 0.3) is 22.0 Å². The van der Waals surface area contributed by atoms with Gasteiger partial charge in [0.1, 0.15) is 0 Å². The highest BCUT2D eigenvalue weighted by atomic mass is 32.1. The number of anilines is 1. The zero-order valence-corrected chi connectivity index (χ0v) is 19.3. The van der Waals surface area contributed by atoms with Gasteiger partial charge in [-0.25, -0.2) is 5.01 Å². The minimum absolute atomic E-state index is 0.0276. The van der Waals surface area contributed by atoms with Gasteiger partial charge in [-0.3, -0.25) is 20.0 Å². The van der Waals surface area contributed by atoms with Gasteiger partial charge in [0.05, 0.1) is 11.2 Å². The van der Waals surface area contributed by atoms with Gasteiger partial charge >= 0.3 is 0 Å². The summed E-state index contributed by atoms with van der Waals surface area (Å²) in [5.41, 5.74) is 13.3. The molecule has 0 bridgehead atoms. The lowest BCUT2D eigenvalue weighted by atomic mass is 9.99. The topological polar surface area (TPSA) is 93.2 Å². The number of thiocarbonyl (C=S) groups is 1. The van der Waals surface area contributed by atoms with E-state index < -0.39 is 0 Å². The molecule has 2 aromatic carbocycles. The quantitative estimate of drug-likeness (QED) is 0.361. The van der Waals surface area contributed by atoms with Crippen molar-refractivity contribution in [2.45, 2.75) is 13.8 Å². The maximum absolute atomic E-state index is 13.2. The predicted octanol–water partition coefficient (Wildman–Crippen LogP) is 3.61. The van der Waals surface area contributed by atoms with Crippen molar-refractivity contribution < 1.29 is 4.79 Å². The van der Waals surface area contributed by atoms with Crippen molar-refractivity contribution in [2.24, 2.45) is 12.8 Å². The van der Waals surface area contributed by atoms with Crippen LogP contribution in [-0.2, 0) is 7.05 Å². The van der Waals surface area contributed by atoms with Crippen LogP contribution < -0.4 is 21.7 Å². The van der Waals surface area contributed by atoms with Crippen LogP contribution in [-0.4, -0.2) is 20.6 Å². The molecular weight excluding hydrogens is 434 g/mol. The SMILES string of the molecule is Cc1cc2c(cn1)cc(-c1cc(N(NC(=O)c3ccccc3)C(N)=S)ccc1C)c(=O)n2C. The number of hydrazine groups is 1. The lowest BCUT2D eigenvalue weighted by molar-refractivity contribution is 0.0955. The molecule has 2 aromatic heterocycles. The van der Waals surface area contributed by atoms with Crippen LogP contribution in [0.3, 0.4) is 0 Å². The summed E-state index contributed by atoms with van der Waals surface area (Å²) in [5, 5.41) is 2.16. The fourth-order valence-corrected chi connectivity index (χ4v) is 3.85. The molecule has 2 heterocycles. The maximum atomic E-state index is 13.2. The number of fused-ring (bicyclic) bond motifs is 1. The molecule has 8 heteroatoms. The summed E-state index contributed by atoms with van der Waals surface area (Å²) in [6.45, 7) is 3.81. The number of aryl methyl sites for hydroxylation is 3. The van der Waals surface area contributed by atoms with Crippen molar-refractivity contribution >= 4 is 39.8 Å². The molecule has 33 heavy (non-hydrogen) atoms. The Kier molecular flexibility index (Phi) is 5.93. The van der Waals surface area contributed by atoms with Crippen molar-refractivity contribution in [3.05, 3.63) is 94.0 Å². The number of hydrogen-bond donors (Lipinski definition) is 2. The van der Waals surface area contributed by atoms with E-state index in [0.717, 1.165) is 22.2 Å². The van der Waals surface area contributed by atoms with Crippen molar-refractivity contribution in [3.63, 3.8) is 0 Å². The summed E-state index contributed by atoms with van der Waals surface area (Å²) in [5.74, 6) is -0.353. The Morgan fingerprint density at radius 2 is 1.79 bits per heavy atom. The van der Waals surface area contributed by atoms with Crippen molar-refractivity contribution in [3.8, 4) is 11.1 Å². The summed E-state index contributed by atoms with van der Waals surface area (Å²) < 4.78 is 1.62. The number of carbonyl (C=O) groups is 1. The van der Waals surface area contributed by atoms with Gasteiger partial charge in [0.25, 0.3) is 11.5 Å². The van der Waals surface area contributed by atoms with Gasteiger partial charge in [0, 0.05) is 35.5 Å². The Bertz CT molecular complexity index is 1450. The van der Waals surface area contributed by atoms with E-state index in [1.165, 1.54) is 5.01 Å². The fraction of sp³-hybridized carbons (Fsp3) is 0.120. The first kappa shape index (κ1) is 22.2. The summed E-state index contributed by atoms with van der Waals surface area (Å²) in [4.78, 5) is 30.3. The standard InChI is InChI=1S/C25H23N5O2S/c1-15-9-10-19(30(25(26)33)28-23(31)17-7-5-4-6-8-17)13-20(15)21-12-18-14-27-16(2)11-22(18)29(3)24(21)32/h4-14H,1-3H3,(H2,26,33)(H,28,31). The normalized spacial score (nSPS) is 10.8. The second kappa shape index (κ2) is 8.84. The molecule has 0 fully saturated rings. The lowest BCUT2D eigenvalue weighted by Gasteiger charge is -2.24. The first-order chi connectivity index (χ1) is 15.8. The molecule has 3 N–H and O–H groups in total.